The number of halogens is 1. The lowest BCUT2D eigenvalue weighted by molar-refractivity contribution is 0.0936. The van der Waals surface area contributed by atoms with Gasteiger partial charge in [-0.2, -0.15) is 0 Å². The Kier molecular flexibility index (Phi) is 5.55. The molecule has 2 aromatic carbocycles. The minimum absolute atomic E-state index is 0.179. The highest BCUT2D eigenvalue weighted by Gasteiger charge is 2.10. The number of urea groups is 1. The molecule has 22 heavy (non-hydrogen) atoms. The minimum atomic E-state index is -0.473. The van der Waals surface area contributed by atoms with Gasteiger partial charge in [-0.1, -0.05) is 46.3 Å². The van der Waals surface area contributed by atoms with Crippen molar-refractivity contribution < 1.29 is 9.59 Å². The van der Waals surface area contributed by atoms with E-state index in [4.69, 9.17) is 0 Å². The van der Waals surface area contributed by atoms with E-state index in [9.17, 15) is 9.59 Å². The van der Waals surface area contributed by atoms with Crippen LogP contribution in [0.4, 0.5) is 4.79 Å². The number of amides is 3. The summed E-state index contributed by atoms with van der Waals surface area (Å²) in [6, 6.07) is 15.6. The number of hydrogen-bond acceptors (Lipinski definition) is 2. The average molecular weight is 362 g/mol. The molecule has 0 saturated carbocycles. The van der Waals surface area contributed by atoms with Crippen molar-refractivity contribution in [2.45, 2.75) is 13.0 Å². The SMILES string of the molecule is C[C@H](NC(=O)NNC(=O)c1ccccc1)c1ccc(Br)cc1. The molecule has 2 aromatic rings. The lowest BCUT2D eigenvalue weighted by Crippen LogP contribution is -2.47. The molecule has 1 atom stereocenters. The van der Waals surface area contributed by atoms with Gasteiger partial charge in [-0.3, -0.25) is 10.2 Å². The number of benzene rings is 2. The highest BCUT2D eigenvalue weighted by molar-refractivity contribution is 9.10. The fraction of sp³-hybridized carbons (Fsp3) is 0.125. The van der Waals surface area contributed by atoms with E-state index in [0.717, 1.165) is 10.0 Å². The van der Waals surface area contributed by atoms with Crippen LogP contribution in [0.15, 0.2) is 59.1 Å². The standard InChI is InChI=1S/C16H16BrN3O2/c1-11(12-7-9-14(17)10-8-12)18-16(22)20-19-15(21)13-5-3-2-4-6-13/h2-11H,1H3,(H,19,21)(H2,18,20,22)/t11-/m0/s1. The number of carbonyl (C=O) groups excluding carboxylic acids is 2. The molecule has 0 unspecified atom stereocenters. The van der Waals surface area contributed by atoms with Gasteiger partial charge in [-0.15, -0.1) is 0 Å². The smallest absolute Gasteiger partial charge is 0.330 e. The van der Waals surface area contributed by atoms with Crippen LogP contribution >= 0.6 is 15.9 Å². The molecule has 0 fully saturated rings. The van der Waals surface area contributed by atoms with Gasteiger partial charge in [0.2, 0.25) is 0 Å². The summed E-state index contributed by atoms with van der Waals surface area (Å²) in [6.45, 7) is 1.86. The van der Waals surface area contributed by atoms with Crippen molar-refractivity contribution in [1.29, 1.82) is 0 Å². The zero-order valence-corrected chi connectivity index (χ0v) is 13.6. The molecular weight excluding hydrogens is 346 g/mol. The second-order valence-corrected chi connectivity index (χ2v) is 5.61. The zero-order valence-electron chi connectivity index (χ0n) is 12.0. The van der Waals surface area contributed by atoms with E-state index < -0.39 is 6.03 Å². The summed E-state index contributed by atoms with van der Waals surface area (Å²) < 4.78 is 0.975. The molecule has 2 rings (SSSR count). The van der Waals surface area contributed by atoms with Crippen LogP contribution in [0.3, 0.4) is 0 Å². The highest BCUT2D eigenvalue weighted by Crippen LogP contribution is 2.16. The van der Waals surface area contributed by atoms with Gasteiger partial charge in [0.1, 0.15) is 0 Å². The van der Waals surface area contributed by atoms with Crippen molar-refractivity contribution in [3.63, 3.8) is 0 Å². The number of rotatable bonds is 3. The van der Waals surface area contributed by atoms with Gasteiger partial charge < -0.3 is 5.32 Å². The van der Waals surface area contributed by atoms with Crippen molar-refractivity contribution >= 4 is 27.9 Å². The summed E-state index contributed by atoms with van der Waals surface area (Å²) in [5, 5.41) is 2.74. The third-order valence-electron chi connectivity index (χ3n) is 3.04. The molecule has 3 amide bonds. The normalized spacial score (nSPS) is 11.4. The Hall–Kier alpha value is -2.34. The van der Waals surface area contributed by atoms with Crippen molar-refractivity contribution in [3.05, 3.63) is 70.2 Å². The summed E-state index contributed by atoms with van der Waals surface area (Å²) >= 11 is 3.36. The van der Waals surface area contributed by atoms with Crippen LogP contribution in [-0.2, 0) is 0 Å². The van der Waals surface area contributed by atoms with Gasteiger partial charge >= 0.3 is 6.03 Å². The second-order valence-electron chi connectivity index (χ2n) is 4.69. The molecule has 114 valence electrons. The summed E-state index contributed by atoms with van der Waals surface area (Å²) in [5.41, 5.74) is 6.13. The van der Waals surface area contributed by atoms with Gasteiger partial charge in [0.15, 0.2) is 0 Å². The van der Waals surface area contributed by atoms with Crippen LogP contribution in [0.2, 0.25) is 0 Å². The Morgan fingerprint density at radius 2 is 1.59 bits per heavy atom. The topological polar surface area (TPSA) is 70.2 Å². The highest BCUT2D eigenvalue weighted by atomic mass is 79.9. The van der Waals surface area contributed by atoms with Crippen LogP contribution < -0.4 is 16.2 Å². The first-order valence-corrected chi connectivity index (χ1v) is 7.53. The molecule has 0 bridgehead atoms. The van der Waals surface area contributed by atoms with E-state index in [1.165, 1.54) is 0 Å². The lowest BCUT2D eigenvalue weighted by Gasteiger charge is -2.15. The quantitative estimate of drug-likeness (QED) is 0.734. The summed E-state index contributed by atoms with van der Waals surface area (Å²) in [6.07, 6.45) is 0. The molecule has 0 aliphatic rings. The third-order valence-corrected chi connectivity index (χ3v) is 3.57. The third kappa shape index (κ3) is 4.60. The van der Waals surface area contributed by atoms with Crippen LogP contribution in [0.1, 0.15) is 28.9 Å². The van der Waals surface area contributed by atoms with Gasteiger partial charge in [-0.25, -0.2) is 10.2 Å². The minimum Gasteiger partial charge on any atom is -0.330 e. The maximum Gasteiger partial charge on any atom is 0.333 e. The maximum absolute atomic E-state index is 11.8. The van der Waals surface area contributed by atoms with Crippen molar-refractivity contribution in [1.82, 2.24) is 16.2 Å². The van der Waals surface area contributed by atoms with E-state index in [1.807, 2.05) is 37.3 Å². The van der Waals surface area contributed by atoms with Crippen LogP contribution in [0.5, 0.6) is 0 Å². The Bertz CT molecular complexity index is 644. The first-order chi connectivity index (χ1) is 10.6. The average Bonchev–Trinajstić information content (AvgIpc) is 2.54. The number of nitrogens with one attached hydrogen (secondary N) is 3. The van der Waals surface area contributed by atoms with Crippen LogP contribution in [0.25, 0.3) is 0 Å². The molecule has 5 nitrogen and oxygen atoms in total. The van der Waals surface area contributed by atoms with Crippen LogP contribution in [-0.4, -0.2) is 11.9 Å². The molecule has 0 radical (unpaired) electrons. The van der Waals surface area contributed by atoms with Gasteiger partial charge in [0.25, 0.3) is 5.91 Å². The molecule has 3 N–H and O–H groups in total. The van der Waals surface area contributed by atoms with Crippen molar-refractivity contribution in [2.24, 2.45) is 0 Å². The molecule has 0 aromatic heterocycles. The van der Waals surface area contributed by atoms with Gasteiger partial charge in [0.05, 0.1) is 6.04 Å². The number of hydrogen-bond donors (Lipinski definition) is 3. The maximum atomic E-state index is 11.8. The van der Waals surface area contributed by atoms with E-state index in [-0.39, 0.29) is 11.9 Å². The van der Waals surface area contributed by atoms with Gasteiger partial charge in [-0.05, 0) is 36.8 Å². The largest absolute Gasteiger partial charge is 0.333 e. The Balaban J connectivity index is 1.83. The molecule has 0 aliphatic carbocycles. The zero-order chi connectivity index (χ0) is 15.9. The predicted octanol–water partition coefficient (Wildman–Crippen LogP) is 3.15. The van der Waals surface area contributed by atoms with E-state index in [1.54, 1.807) is 24.3 Å². The summed E-state index contributed by atoms with van der Waals surface area (Å²) in [5.74, 6) is -0.368. The molecule has 0 spiro atoms. The van der Waals surface area contributed by atoms with Crippen LogP contribution in [0, 0.1) is 0 Å². The lowest BCUT2D eigenvalue weighted by atomic mass is 10.1. The Labute approximate surface area is 137 Å². The molecule has 0 aliphatic heterocycles. The molecular formula is C16H16BrN3O2. The second kappa shape index (κ2) is 7.61. The fourth-order valence-corrected chi connectivity index (χ4v) is 2.11. The number of carbonyl (C=O) groups is 2. The number of hydrazine groups is 1. The molecule has 0 heterocycles. The fourth-order valence-electron chi connectivity index (χ4n) is 1.84. The summed E-state index contributed by atoms with van der Waals surface area (Å²) in [7, 11) is 0. The molecule has 6 heteroatoms. The van der Waals surface area contributed by atoms with Crippen molar-refractivity contribution in [3.8, 4) is 0 Å². The molecule has 0 saturated heterocycles. The van der Waals surface area contributed by atoms with E-state index >= 15 is 0 Å². The monoisotopic (exact) mass is 361 g/mol. The predicted molar refractivity (Wildman–Crippen MR) is 88.1 cm³/mol. The first-order valence-electron chi connectivity index (χ1n) is 6.73. The Morgan fingerprint density at radius 3 is 2.23 bits per heavy atom. The van der Waals surface area contributed by atoms with E-state index in [0.29, 0.717) is 5.56 Å². The van der Waals surface area contributed by atoms with Gasteiger partial charge in [0, 0.05) is 10.0 Å². The van der Waals surface area contributed by atoms with Crippen molar-refractivity contribution in [2.75, 3.05) is 0 Å². The summed E-state index contributed by atoms with van der Waals surface area (Å²) in [4.78, 5) is 23.6. The van der Waals surface area contributed by atoms with E-state index in [2.05, 4.69) is 32.1 Å². The first kappa shape index (κ1) is 16.0. The Morgan fingerprint density at radius 1 is 0.955 bits per heavy atom.